The maximum atomic E-state index is 5.41. The average Bonchev–Trinajstić information content (AvgIpc) is 2.20. The zero-order valence-electron chi connectivity index (χ0n) is 9.37. The zero-order chi connectivity index (χ0) is 10.3. The van der Waals surface area contributed by atoms with Crippen LogP contribution in [0.2, 0.25) is 0 Å². The van der Waals surface area contributed by atoms with Gasteiger partial charge in [-0.15, -0.1) is 0 Å². The van der Waals surface area contributed by atoms with E-state index in [-0.39, 0.29) is 12.2 Å². The lowest BCUT2D eigenvalue weighted by molar-refractivity contribution is -0.139. The van der Waals surface area contributed by atoms with Crippen molar-refractivity contribution in [3.05, 3.63) is 0 Å². The van der Waals surface area contributed by atoms with Gasteiger partial charge in [0.05, 0.1) is 18.8 Å². The first-order chi connectivity index (χ1) is 6.27. The summed E-state index contributed by atoms with van der Waals surface area (Å²) in [5.41, 5.74) is 0. The van der Waals surface area contributed by atoms with E-state index in [1.54, 1.807) is 14.2 Å². The van der Waals surface area contributed by atoms with Crippen molar-refractivity contribution < 1.29 is 14.2 Å². The highest BCUT2D eigenvalue weighted by Gasteiger charge is 2.28. The van der Waals surface area contributed by atoms with E-state index in [2.05, 4.69) is 6.92 Å². The van der Waals surface area contributed by atoms with Gasteiger partial charge in [-0.25, -0.2) is 0 Å². The van der Waals surface area contributed by atoms with Gasteiger partial charge in [0, 0.05) is 20.6 Å². The summed E-state index contributed by atoms with van der Waals surface area (Å²) < 4.78 is 15.9. The van der Waals surface area contributed by atoms with Crippen molar-refractivity contribution in [3.8, 4) is 0 Å². The van der Waals surface area contributed by atoms with Gasteiger partial charge in [-0.2, -0.15) is 0 Å². The van der Waals surface area contributed by atoms with Gasteiger partial charge >= 0.3 is 0 Å². The number of ether oxygens (including phenoxy) is 3. The molecule has 3 nitrogen and oxygen atoms in total. The maximum absolute atomic E-state index is 5.41. The third-order valence-electron chi connectivity index (χ3n) is 2.13. The Bertz CT molecular complexity index is 117. The van der Waals surface area contributed by atoms with Crippen molar-refractivity contribution >= 4 is 0 Å². The summed E-state index contributed by atoms with van der Waals surface area (Å²) in [4.78, 5) is 0. The van der Waals surface area contributed by atoms with Crippen LogP contribution in [0.3, 0.4) is 0 Å². The third-order valence-corrected chi connectivity index (χ3v) is 2.13. The molecule has 0 aromatic heterocycles. The molecule has 0 spiro atoms. The maximum Gasteiger partial charge on any atom is 0.107 e. The van der Waals surface area contributed by atoms with Crippen LogP contribution in [0, 0.1) is 0 Å². The number of methoxy groups -OCH3 is 2. The SMILES string of the molecule is CC.COC1COC(C)CC1OC. The van der Waals surface area contributed by atoms with Crippen LogP contribution in [0.15, 0.2) is 0 Å². The highest BCUT2D eigenvalue weighted by atomic mass is 16.6. The van der Waals surface area contributed by atoms with E-state index >= 15 is 0 Å². The third kappa shape index (κ3) is 4.07. The summed E-state index contributed by atoms with van der Waals surface area (Å²) >= 11 is 0. The van der Waals surface area contributed by atoms with E-state index in [1.165, 1.54) is 0 Å². The van der Waals surface area contributed by atoms with Crippen LogP contribution in [-0.2, 0) is 14.2 Å². The minimum Gasteiger partial charge on any atom is -0.379 e. The fourth-order valence-electron chi connectivity index (χ4n) is 1.38. The van der Waals surface area contributed by atoms with Crippen molar-refractivity contribution in [3.63, 3.8) is 0 Å². The highest BCUT2D eigenvalue weighted by molar-refractivity contribution is 4.77. The minimum absolute atomic E-state index is 0.108. The molecular weight excluding hydrogens is 168 g/mol. The van der Waals surface area contributed by atoms with Crippen LogP contribution in [0.5, 0.6) is 0 Å². The van der Waals surface area contributed by atoms with Gasteiger partial charge in [-0.1, -0.05) is 13.8 Å². The van der Waals surface area contributed by atoms with Gasteiger partial charge in [0.2, 0.25) is 0 Å². The molecular formula is C10H22O3. The molecule has 13 heavy (non-hydrogen) atoms. The second kappa shape index (κ2) is 7.30. The Morgan fingerprint density at radius 3 is 2.08 bits per heavy atom. The van der Waals surface area contributed by atoms with Gasteiger partial charge in [0.1, 0.15) is 6.10 Å². The Kier molecular flexibility index (Phi) is 7.23. The molecule has 3 heteroatoms. The quantitative estimate of drug-likeness (QED) is 0.665. The smallest absolute Gasteiger partial charge is 0.107 e. The lowest BCUT2D eigenvalue weighted by Gasteiger charge is -2.32. The first-order valence-electron chi connectivity index (χ1n) is 4.95. The van der Waals surface area contributed by atoms with E-state index in [0.29, 0.717) is 12.7 Å². The van der Waals surface area contributed by atoms with Crippen LogP contribution in [0.25, 0.3) is 0 Å². The largest absolute Gasteiger partial charge is 0.379 e. The molecule has 80 valence electrons. The fraction of sp³-hybridized carbons (Fsp3) is 1.00. The van der Waals surface area contributed by atoms with E-state index in [9.17, 15) is 0 Å². The fourth-order valence-corrected chi connectivity index (χ4v) is 1.38. The predicted molar refractivity (Wildman–Crippen MR) is 53.0 cm³/mol. The van der Waals surface area contributed by atoms with Gasteiger partial charge < -0.3 is 14.2 Å². The molecule has 0 amide bonds. The summed E-state index contributed by atoms with van der Waals surface area (Å²) in [5.74, 6) is 0. The summed E-state index contributed by atoms with van der Waals surface area (Å²) in [6.45, 7) is 6.70. The monoisotopic (exact) mass is 190 g/mol. The molecule has 1 rings (SSSR count). The Morgan fingerprint density at radius 1 is 1.08 bits per heavy atom. The van der Waals surface area contributed by atoms with Crippen LogP contribution >= 0.6 is 0 Å². The minimum atomic E-state index is 0.108. The topological polar surface area (TPSA) is 27.7 Å². The zero-order valence-corrected chi connectivity index (χ0v) is 9.37. The molecule has 1 saturated heterocycles. The van der Waals surface area contributed by atoms with Crippen molar-refractivity contribution in [2.45, 2.75) is 45.5 Å². The second-order valence-electron chi connectivity index (χ2n) is 2.93. The number of rotatable bonds is 2. The average molecular weight is 190 g/mol. The van der Waals surface area contributed by atoms with Crippen molar-refractivity contribution in [1.82, 2.24) is 0 Å². The van der Waals surface area contributed by atoms with E-state index in [1.807, 2.05) is 13.8 Å². The Labute approximate surface area is 81.4 Å². The number of hydrogen-bond donors (Lipinski definition) is 0. The molecule has 1 aliphatic rings. The summed E-state index contributed by atoms with van der Waals surface area (Å²) in [6, 6.07) is 0. The Balaban J connectivity index is 0.000000671. The first kappa shape index (κ1) is 12.9. The van der Waals surface area contributed by atoms with Crippen molar-refractivity contribution in [1.29, 1.82) is 0 Å². The molecule has 0 bridgehead atoms. The summed E-state index contributed by atoms with van der Waals surface area (Å²) in [7, 11) is 3.41. The lowest BCUT2D eigenvalue weighted by atomic mass is 10.0. The summed E-state index contributed by atoms with van der Waals surface area (Å²) in [5, 5.41) is 0. The molecule has 0 aromatic rings. The molecule has 1 aliphatic heterocycles. The van der Waals surface area contributed by atoms with E-state index < -0.39 is 0 Å². The molecule has 0 aromatic carbocycles. The van der Waals surface area contributed by atoms with Gasteiger partial charge in [-0.3, -0.25) is 0 Å². The Hall–Kier alpha value is -0.120. The van der Waals surface area contributed by atoms with Crippen molar-refractivity contribution in [2.75, 3.05) is 20.8 Å². The summed E-state index contributed by atoms with van der Waals surface area (Å²) in [6.07, 6.45) is 1.53. The predicted octanol–water partition coefficient (Wildman–Crippen LogP) is 1.85. The molecule has 0 radical (unpaired) electrons. The van der Waals surface area contributed by atoms with Crippen LogP contribution in [0.1, 0.15) is 27.2 Å². The molecule has 3 unspecified atom stereocenters. The molecule has 1 heterocycles. The molecule has 1 fully saturated rings. The second-order valence-corrected chi connectivity index (χ2v) is 2.93. The first-order valence-corrected chi connectivity index (χ1v) is 4.95. The standard InChI is InChI=1S/C8H16O3.C2H6/c1-6-4-7(9-2)8(10-3)5-11-6;1-2/h6-8H,4-5H2,1-3H3;1-2H3. The van der Waals surface area contributed by atoms with Crippen molar-refractivity contribution in [2.24, 2.45) is 0 Å². The van der Waals surface area contributed by atoms with Gasteiger partial charge in [-0.05, 0) is 6.92 Å². The van der Waals surface area contributed by atoms with Crippen LogP contribution < -0.4 is 0 Å². The Morgan fingerprint density at radius 2 is 1.62 bits per heavy atom. The lowest BCUT2D eigenvalue weighted by Crippen LogP contribution is -2.42. The molecule has 0 N–H and O–H groups in total. The van der Waals surface area contributed by atoms with Gasteiger partial charge in [0.25, 0.3) is 0 Å². The molecule has 0 aliphatic carbocycles. The normalized spacial score (nSPS) is 33.5. The molecule has 0 saturated carbocycles. The number of hydrogen-bond acceptors (Lipinski definition) is 3. The van der Waals surface area contributed by atoms with Crippen LogP contribution in [-0.4, -0.2) is 39.1 Å². The van der Waals surface area contributed by atoms with Crippen LogP contribution in [0.4, 0.5) is 0 Å². The highest BCUT2D eigenvalue weighted by Crippen LogP contribution is 2.18. The molecule has 3 atom stereocenters. The van der Waals surface area contributed by atoms with Gasteiger partial charge in [0.15, 0.2) is 0 Å². The van der Waals surface area contributed by atoms with E-state index in [0.717, 1.165) is 6.42 Å². The van der Waals surface area contributed by atoms with E-state index in [4.69, 9.17) is 14.2 Å².